The number of nitrogens with one attached hydrogen (secondary N) is 1. The van der Waals surface area contributed by atoms with E-state index in [2.05, 4.69) is 0 Å². The number of hydrogen-bond acceptors (Lipinski definition) is 2. The molecule has 0 radical (unpaired) electrons. The maximum atomic E-state index is 13.1. The van der Waals surface area contributed by atoms with Crippen LogP contribution in [0.5, 0.6) is 5.75 Å². The van der Waals surface area contributed by atoms with Crippen molar-refractivity contribution in [3.8, 4) is 5.75 Å². The molecule has 0 aliphatic rings. The summed E-state index contributed by atoms with van der Waals surface area (Å²) in [4.78, 5) is 10.9. The van der Waals surface area contributed by atoms with Crippen LogP contribution in [-0.2, 0) is 4.79 Å². The number of phenolic OH excluding ortho intramolecular Hbond substituents is 1. The van der Waals surface area contributed by atoms with E-state index in [4.69, 9.17) is 5.11 Å². The summed E-state index contributed by atoms with van der Waals surface area (Å²) in [5, 5.41) is 10.9. The van der Waals surface area contributed by atoms with Crippen molar-refractivity contribution < 1.29 is 18.7 Å². The van der Waals surface area contributed by atoms with E-state index in [9.17, 15) is 13.6 Å². The maximum absolute atomic E-state index is 13.1. The third kappa shape index (κ3) is 1.99. The van der Waals surface area contributed by atoms with Crippen molar-refractivity contribution in [1.29, 1.82) is 0 Å². The molecule has 0 bridgehead atoms. The van der Waals surface area contributed by atoms with E-state index < -0.39 is 29.0 Å². The minimum Gasteiger partial charge on any atom is -0.505 e. The molecule has 1 aromatic rings. The Morgan fingerprint density at radius 2 is 2.14 bits per heavy atom. The second-order valence-electron chi connectivity index (χ2n) is 2.66. The highest BCUT2D eigenvalue weighted by Crippen LogP contribution is 2.26. The zero-order valence-electron chi connectivity index (χ0n) is 7.47. The van der Waals surface area contributed by atoms with Gasteiger partial charge in [0.2, 0.25) is 5.91 Å². The summed E-state index contributed by atoms with van der Waals surface area (Å²) in [6.07, 6.45) is 0.106. The molecule has 0 atom stereocenters. The van der Waals surface area contributed by atoms with Gasteiger partial charge >= 0.3 is 0 Å². The fraction of sp³-hybridized carbons (Fsp3) is 0.222. The van der Waals surface area contributed by atoms with Gasteiger partial charge in [-0.05, 0) is 12.1 Å². The Kier molecular flexibility index (Phi) is 3.01. The summed E-state index contributed by atoms with van der Waals surface area (Å²) in [6, 6.07) is 1.76. The summed E-state index contributed by atoms with van der Waals surface area (Å²) >= 11 is 0. The van der Waals surface area contributed by atoms with E-state index >= 15 is 0 Å². The lowest BCUT2D eigenvalue weighted by atomic mass is 10.2. The molecular weight excluding hydrogens is 192 g/mol. The molecule has 1 amide bonds. The van der Waals surface area contributed by atoms with Gasteiger partial charge < -0.3 is 10.4 Å². The summed E-state index contributed by atoms with van der Waals surface area (Å²) in [7, 11) is 0. The molecule has 0 aliphatic heterocycles. The van der Waals surface area contributed by atoms with Crippen molar-refractivity contribution in [2.24, 2.45) is 0 Å². The topological polar surface area (TPSA) is 49.3 Å². The molecule has 0 aliphatic carbocycles. The van der Waals surface area contributed by atoms with E-state index in [1.165, 1.54) is 0 Å². The highest BCUT2D eigenvalue weighted by atomic mass is 19.1. The third-order valence-corrected chi connectivity index (χ3v) is 1.66. The van der Waals surface area contributed by atoms with Gasteiger partial charge in [0, 0.05) is 6.42 Å². The molecule has 0 spiro atoms. The van der Waals surface area contributed by atoms with Crippen LogP contribution >= 0.6 is 0 Å². The fourth-order valence-electron chi connectivity index (χ4n) is 0.884. The van der Waals surface area contributed by atoms with Gasteiger partial charge in [0.1, 0.15) is 11.5 Å². The van der Waals surface area contributed by atoms with Gasteiger partial charge in [0.25, 0.3) is 0 Å². The molecule has 0 aromatic heterocycles. The Morgan fingerprint density at radius 1 is 1.50 bits per heavy atom. The molecule has 1 rings (SSSR count). The first-order chi connectivity index (χ1) is 6.56. The van der Waals surface area contributed by atoms with E-state index in [0.717, 1.165) is 12.1 Å². The Bertz CT molecular complexity index is 366. The summed E-state index contributed by atoms with van der Waals surface area (Å²) in [6.45, 7) is 1.55. The number of benzene rings is 1. The average molecular weight is 201 g/mol. The molecule has 0 heterocycles. The van der Waals surface area contributed by atoms with Gasteiger partial charge in [-0.15, -0.1) is 0 Å². The van der Waals surface area contributed by atoms with E-state index in [-0.39, 0.29) is 6.42 Å². The zero-order chi connectivity index (χ0) is 10.7. The molecule has 0 unspecified atom stereocenters. The minimum absolute atomic E-state index is 0.106. The zero-order valence-corrected chi connectivity index (χ0v) is 7.47. The first-order valence-corrected chi connectivity index (χ1v) is 4.03. The molecule has 0 fully saturated rings. The number of amides is 1. The van der Waals surface area contributed by atoms with Crippen molar-refractivity contribution in [1.82, 2.24) is 0 Å². The van der Waals surface area contributed by atoms with Crippen molar-refractivity contribution in [3.05, 3.63) is 23.8 Å². The third-order valence-electron chi connectivity index (χ3n) is 1.66. The summed E-state index contributed by atoms with van der Waals surface area (Å²) in [5.74, 6) is -3.29. The van der Waals surface area contributed by atoms with Crippen LogP contribution in [-0.4, -0.2) is 11.0 Å². The number of phenols is 1. The van der Waals surface area contributed by atoms with E-state index in [1.54, 1.807) is 6.92 Å². The Balaban J connectivity index is 3.06. The van der Waals surface area contributed by atoms with Crippen LogP contribution in [0.3, 0.4) is 0 Å². The molecule has 0 saturated heterocycles. The van der Waals surface area contributed by atoms with E-state index in [1.807, 2.05) is 5.32 Å². The molecule has 14 heavy (non-hydrogen) atoms. The predicted molar refractivity (Wildman–Crippen MR) is 46.9 cm³/mol. The van der Waals surface area contributed by atoms with Crippen LogP contribution in [0.2, 0.25) is 0 Å². The lowest BCUT2D eigenvalue weighted by Crippen LogP contribution is -2.12. The average Bonchev–Trinajstić information content (AvgIpc) is 2.18. The summed E-state index contributed by atoms with van der Waals surface area (Å²) in [5.41, 5.74) is -0.614. The number of carbonyl (C=O) groups excluding carboxylic acids is 1. The normalized spacial score (nSPS) is 9.93. The van der Waals surface area contributed by atoms with Crippen LogP contribution in [0.1, 0.15) is 13.3 Å². The number of aromatic hydroxyl groups is 1. The Labute approximate surface area is 79.4 Å². The number of carbonyl (C=O) groups is 1. The monoisotopic (exact) mass is 201 g/mol. The first kappa shape index (κ1) is 10.4. The molecule has 0 saturated carbocycles. The van der Waals surface area contributed by atoms with Gasteiger partial charge in [-0.2, -0.15) is 0 Å². The van der Waals surface area contributed by atoms with Crippen LogP contribution in [0.4, 0.5) is 14.5 Å². The Hall–Kier alpha value is -1.65. The number of halogens is 2. The van der Waals surface area contributed by atoms with Gasteiger partial charge in [-0.1, -0.05) is 6.92 Å². The highest BCUT2D eigenvalue weighted by molar-refractivity contribution is 5.90. The Morgan fingerprint density at radius 3 is 2.71 bits per heavy atom. The lowest BCUT2D eigenvalue weighted by Gasteiger charge is -2.06. The fourth-order valence-corrected chi connectivity index (χ4v) is 0.884. The lowest BCUT2D eigenvalue weighted by molar-refractivity contribution is -0.115. The van der Waals surface area contributed by atoms with Crippen LogP contribution in [0, 0.1) is 11.6 Å². The number of rotatable bonds is 2. The second-order valence-corrected chi connectivity index (χ2v) is 2.66. The summed E-state index contributed by atoms with van der Waals surface area (Å²) < 4.78 is 26.0. The molecular formula is C9H9F2NO2. The van der Waals surface area contributed by atoms with E-state index in [0.29, 0.717) is 0 Å². The van der Waals surface area contributed by atoms with Crippen LogP contribution < -0.4 is 5.32 Å². The largest absolute Gasteiger partial charge is 0.505 e. The molecule has 76 valence electrons. The van der Waals surface area contributed by atoms with Gasteiger partial charge in [-0.25, -0.2) is 8.78 Å². The minimum atomic E-state index is -1.16. The van der Waals surface area contributed by atoms with Crippen molar-refractivity contribution in [2.45, 2.75) is 13.3 Å². The quantitative estimate of drug-likeness (QED) is 0.769. The SMILES string of the molecule is CCC(=O)Nc1c(F)ccc(O)c1F. The van der Waals surface area contributed by atoms with Crippen LogP contribution in [0.25, 0.3) is 0 Å². The maximum Gasteiger partial charge on any atom is 0.224 e. The predicted octanol–water partition coefficient (Wildman–Crippen LogP) is 2.02. The number of hydrogen-bond donors (Lipinski definition) is 2. The van der Waals surface area contributed by atoms with Crippen molar-refractivity contribution in [2.75, 3.05) is 5.32 Å². The van der Waals surface area contributed by atoms with Gasteiger partial charge in [0.05, 0.1) is 0 Å². The van der Waals surface area contributed by atoms with Gasteiger partial charge in [0.15, 0.2) is 11.6 Å². The van der Waals surface area contributed by atoms with Gasteiger partial charge in [-0.3, -0.25) is 4.79 Å². The molecule has 5 heteroatoms. The smallest absolute Gasteiger partial charge is 0.224 e. The number of anilines is 1. The van der Waals surface area contributed by atoms with Crippen molar-refractivity contribution in [3.63, 3.8) is 0 Å². The van der Waals surface area contributed by atoms with Crippen molar-refractivity contribution >= 4 is 11.6 Å². The van der Waals surface area contributed by atoms with Crippen LogP contribution in [0.15, 0.2) is 12.1 Å². The first-order valence-electron chi connectivity index (χ1n) is 4.03. The second kappa shape index (κ2) is 4.04. The molecule has 1 aromatic carbocycles. The standard InChI is InChI=1S/C9H9F2NO2/c1-2-7(14)12-9-5(10)3-4-6(13)8(9)11/h3-4,13H,2H2,1H3,(H,12,14). The molecule has 2 N–H and O–H groups in total. The highest BCUT2D eigenvalue weighted by Gasteiger charge is 2.14. The molecule has 3 nitrogen and oxygen atoms in total.